The second kappa shape index (κ2) is 6.35. The molecule has 0 bridgehead atoms. The number of hydrogen-bond acceptors (Lipinski definition) is 3. The van der Waals surface area contributed by atoms with Crippen molar-refractivity contribution in [3.63, 3.8) is 0 Å². The first kappa shape index (κ1) is 14.3. The number of nitrogens with one attached hydrogen (secondary N) is 1. The monoisotopic (exact) mass is 345 g/mol. The Kier molecular flexibility index (Phi) is 5.04. The number of carbonyl (C=O) groups excluding carboxylic acids is 1. The van der Waals surface area contributed by atoms with E-state index in [2.05, 4.69) is 40.1 Å². The van der Waals surface area contributed by atoms with Gasteiger partial charge in [0.2, 0.25) is 0 Å². The molecule has 98 valence electrons. The number of benzene rings is 1. The van der Waals surface area contributed by atoms with Crippen molar-refractivity contribution in [2.24, 2.45) is 0 Å². The van der Waals surface area contributed by atoms with Crippen molar-refractivity contribution in [3.05, 3.63) is 28.2 Å². The van der Waals surface area contributed by atoms with Crippen molar-refractivity contribution < 1.29 is 4.79 Å². The minimum atomic E-state index is -0.0146. The van der Waals surface area contributed by atoms with E-state index in [1.54, 1.807) is 0 Å². The van der Waals surface area contributed by atoms with E-state index in [0.29, 0.717) is 21.8 Å². The van der Waals surface area contributed by atoms with E-state index < -0.39 is 0 Å². The zero-order valence-electron chi connectivity index (χ0n) is 10.1. The van der Waals surface area contributed by atoms with Crippen molar-refractivity contribution in [2.45, 2.75) is 35.4 Å². The van der Waals surface area contributed by atoms with Crippen LogP contribution in [0, 0.1) is 0 Å². The van der Waals surface area contributed by atoms with E-state index in [1.165, 1.54) is 6.42 Å². The maximum atomic E-state index is 12.1. The Bertz CT molecular complexity index is 453. The summed E-state index contributed by atoms with van der Waals surface area (Å²) in [4.78, 5) is 12.9. The molecule has 1 aromatic carbocycles. The van der Waals surface area contributed by atoms with Crippen LogP contribution in [0.15, 0.2) is 27.6 Å². The minimum Gasteiger partial charge on any atom is -0.349 e. The summed E-state index contributed by atoms with van der Waals surface area (Å²) in [6.07, 6.45) is 5.48. The lowest BCUT2D eigenvalue weighted by molar-refractivity contribution is 0.0935. The first-order valence-corrected chi connectivity index (χ1v) is 8.45. The molecule has 0 spiro atoms. The Hall–Kier alpha value is -0.130. The Labute approximate surface area is 126 Å². The Morgan fingerprint density at radius 2 is 2.28 bits per heavy atom. The van der Waals surface area contributed by atoms with Crippen molar-refractivity contribution in [1.82, 2.24) is 5.32 Å². The molecule has 0 radical (unpaired) electrons. The van der Waals surface area contributed by atoms with E-state index in [1.807, 2.05) is 30.0 Å². The smallest absolute Gasteiger partial charge is 0.252 e. The maximum Gasteiger partial charge on any atom is 0.252 e. The molecule has 0 saturated heterocycles. The van der Waals surface area contributed by atoms with Crippen LogP contribution in [0.2, 0.25) is 0 Å². The molecule has 1 aliphatic rings. The summed E-state index contributed by atoms with van der Waals surface area (Å²) in [7, 11) is 0. The van der Waals surface area contributed by atoms with Gasteiger partial charge in [-0.05, 0) is 43.7 Å². The van der Waals surface area contributed by atoms with Crippen LogP contribution in [0.5, 0.6) is 0 Å². The highest BCUT2D eigenvalue weighted by Gasteiger charge is 2.25. The zero-order chi connectivity index (χ0) is 13.1. The summed E-state index contributed by atoms with van der Waals surface area (Å²) in [6.45, 7) is 0. The van der Waals surface area contributed by atoms with Gasteiger partial charge in [0.25, 0.3) is 5.91 Å². The molecule has 2 atom stereocenters. The van der Waals surface area contributed by atoms with Crippen molar-refractivity contribution in [2.75, 3.05) is 6.26 Å². The molecule has 0 aliphatic heterocycles. The van der Waals surface area contributed by atoms with Gasteiger partial charge in [0, 0.05) is 20.7 Å². The van der Waals surface area contributed by atoms with Crippen molar-refractivity contribution in [3.8, 4) is 0 Å². The summed E-state index contributed by atoms with van der Waals surface area (Å²) < 4.78 is 0.937. The third kappa shape index (κ3) is 3.45. The van der Waals surface area contributed by atoms with Gasteiger partial charge < -0.3 is 5.32 Å². The van der Waals surface area contributed by atoms with Crippen LogP contribution in [0.4, 0.5) is 0 Å². The molecule has 1 saturated carbocycles. The highest BCUT2D eigenvalue weighted by atomic mass is 79.9. The molecule has 1 aromatic rings. The topological polar surface area (TPSA) is 29.1 Å². The SMILES string of the molecule is CSC1CCC(NC(=O)c2ccc(Br)cc2S)C1. The Morgan fingerprint density at radius 3 is 2.89 bits per heavy atom. The summed E-state index contributed by atoms with van der Waals surface area (Å²) in [6, 6.07) is 5.83. The number of hydrogen-bond donors (Lipinski definition) is 2. The van der Waals surface area contributed by atoms with Gasteiger partial charge in [-0.1, -0.05) is 15.9 Å². The number of rotatable bonds is 3. The minimum absolute atomic E-state index is 0.0146. The third-order valence-corrected chi connectivity index (χ3v) is 5.22. The first-order valence-electron chi connectivity index (χ1n) is 5.92. The van der Waals surface area contributed by atoms with Crippen LogP contribution in [-0.4, -0.2) is 23.5 Å². The van der Waals surface area contributed by atoms with Gasteiger partial charge in [0.1, 0.15) is 0 Å². The molecule has 1 aliphatic carbocycles. The number of amides is 1. The standard InChI is InChI=1S/C13H16BrNOS2/c1-18-10-4-3-9(7-10)15-13(16)11-5-2-8(14)6-12(11)17/h2,5-6,9-10,17H,3-4,7H2,1H3,(H,15,16). The maximum absolute atomic E-state index is 12.1. The molecule has 1 N–H and O–H groups in total. The van der Waals surface area contributed by atoms with Gasteiger partial charge in [-0.15, -0.1) is 12.6 Å². The molecule has 1 amide bonds. The van der Waals surface area contributed by atoms with E-state index >= 15 is 0 Å². The average molecular weight is 346 g/mol. The Balaban J connectivity index is 2.00. The lowest BCUT2D eigenvalue weighted by atomic mass is 10.2. The third-order valence-electron chi connectivity index (χ3n) is 3.26. The molecular weight excluding hydrogens is 330 g/mol. The van der Waals surface area contributed by atoms with Gasteiger partial charge in [0.05, 0.1) is 5.56 Å². The molecule has 2 nitrogen and oxygen atoms in total. The zero-order valence-corrected chi connectivity index (χ0v) is 13.4. The fourth-order valence-electron chi connectivity index (χ4n) is 2.25. The summed E-state index contributed by atoms with van der Waals surface area (Å²) in [5, 5.41) is 3.79. The normalized spacial score (nSPS) is 23.1. The number of thiol groups is 1. The lowest BCUT2D eigenvalue weighted by Crippen LogP contribution is -2.33. The molecular formula is C13H16BrNOS2. The van der Waals surface area contributed by atoms with Crippen LogP contribution in [-0.2, 0) is 0 Å². The van der Waals surface area contributed by atoms with Crippen LogP contribution >= 0.6 is 40.3 Å². The molecule has 2 rings (SSSR count). The van der Waals surface area contributed by atoms with E-state index in [4.69, 9.17) is 0 Å². The number of thioether (sulfide) groups is 1. The molecule has 0 aromatic heterocycles. The van der Waals surface area contributed by atoms with E-state index in [9.17, 15) is 4.79 Å². The molecule has 5 heteroatoms. The highest BCUT2D eigenvalue weighted by Crippen LogP contribution is 2.28. The Morgan fingerprint density at radius 1 is 1.50 bits per heavy atom. The van der Waals surface area contributed by atoms with Gasteiger partial charge in [-0.2, -0.15) is 11.8 Å². The molecule has 1 fully saturated rings. The molecule has 0 heterocycles. The lowest BCUT2D eigenvalue weighted by Gasteiger charge is -2.13. The highest BCUT2D eigenvalue weighted by molar-refractivity contribution is 9.10. The quantitative estimate of drug-likeness (QED) is 0.816. The fraction of sp³-hybridized carbons (Fsp3) is 0.462. The van der Waals surface area contributed by atoms with Gasteiger partial charge in [-0.25, -0.2) is 0 Å². The predicted molar refractivity (Wildman–Crippen MR) is 83.8 cm³/mol. The largest absolute Gasteiger partial charge is 0.349 e. The van der Waals surface area contributed by atoms with Crippen LogP contribution < -0.4 is 5.32 Å². The molecule has 18 heavy (non-hydrogen) atoms. The van der Waals surface area contributed by atoms with Gasteiger partial charge in [-0.3, -0.25) is 4.79 Å². The first-order chi connectivity index (χ1) is 8.60. The molecule has 2 unspecified atom stereocenters. The summed E-state index contributed by atoms with van der Waals surface area (Å²) in [5.41, 5.74) is 0.647. The van der Waals surface area contributed by atoms with Crippen molar-refractivity contribution >= 4 is 46.2 Å². The predicted octanol–water partition coefficient (Wildman–Crippen LogP) is 3.75. The summed E-state index contributed by atoms with van der Waals surface area (Å²) >= 11 is 9.60. The van der Waals surface area contributed by atoms with E-state index in [0.717, 1.165) is 17.3 Å². The van der Waals surface area contributed by atoms with Crippen LogP contribution in [0.1, 0.15) is 29.6 Å². The van der Waals surface area contributed by atoms with E-state index in [-0.39, 0.29) is 5.91 Å². The second-order valence-corrected chi connectivity index (χ2v) is 7.04. The van der Waals surface area contributed by atoms with Gasteiger partial charge >= 0.3 is 0 Å². The van der Waals surface area contributed by atoms with Crippen molar-refractivity contribution in [1.29, 1.82) is 0 Å². The number of halogens is 1. The second-order valence-electron chi connectivity index (χ2n) is 4.50. The summed E-state index contributed by atoms with van der Waals surface area (Å²) in [5.74, 6) is -0.0146. The number of carbonyl (C=O) groups is 1. The van der Waals surface area contributed by atoms with Gasteiger partial charge in [0.15, 0.2) is 0 Å². The average Bonchev–Trinajstić information content (AvgIpc) is 2.76. The van der Waals surface area contributed by atoms with Crippen LogP contribution in [0.25, 0.3) is 0 Å². The fourth-order valence-corrected chi connectivity index (χ4v) is 3.89. The van der Waals surface area contributed by atoms with Crippen LogP contribution in [0.3, 0.4) is 0 Å².